The minimum atomic E-state index is -0.105. The van der Waals surface area contributed by atoms with Crippen LogP contribution in [-0.4, -0.2) is 68.2 Å². The van der Waals surface area contributed by atoms with E-state index in [2.05, 4.69) is 4.90 Å². The van der Waals surface area contributed by atoms with Crippen molar-refractivity contribution in [1.82, 2.24) is 9.80 Å². The molecule has 5 nitrogen and oxygen atoms in total. The zero-order chi connectivity index (χ0) is 14.0. The van der Waals surface area contributed by atoms with Crippen molar-refractivity contribution in [3.05, 3.63) is 0 Å². The molecule has 2 N–H and O–H groups in total. The first-order valence-corrected chi connectivity index (χ1v) is 6.84. The Morgan fingerprint density at radius 1 is 1.28 bits per heavy atom. The van der Waals surface area contributed by atoms with Gasteiger partial charge in [0.15, 0.2) is 0 Å². The lowest BCUT2D eigenvalue weighted by atomic mass is 10.2. The van der Waals surface area contributed by atoms with E-state index in [1.807, 2.05) is 25.7 Å². The number of carbonyl (C=O) groups excluding carboxylic acids is 1. The fraction of sp³-hybridized carbons (Fsp3) is 0.923. The van der Waals surface area contributed by atoms with E-state index in [1.54, 1.807) is 7.11 Å². The maximum atomic E-state index is 12.3. The number of nitrogens with two attached hydrogens (primary N) is 1. The van der Waals surface area contributed by atoms with Gasteiger partial charge in [0, 0.05) is 33.3 Å². The predicted molar refractivity (Wildman–Crippen MR) is 74.5 cm³/mol. The van der Waals surface area contributed by atoms with Crippen molar-refractivity contribution in [2.75, 3.05) is 46.4 Å². The van der Waals surface area contributed by atoms with Crippen LogP contribution < -0.4 is 5.73 Å². The van der Waals surface area contributed by atoms with E-state index in [9.17, 15) is 4.79 Å². The van der Waals surface area contributed by atoms with Crippen LogP contribution in [0.2, 0.25) is 0 Å². The molecule has 0 saturated carbocycles. The third kappa shape index (κ3) is 5.80. The Labute approximate surface area is 111 Å². The van der Waals surface area contributed by atoms with Crippen molar-refractivity contribution in [2.45, 2.75) is 33.2 Å². The van der Waals surface area contributed by atoms with Crippen LogP contribution in [0.15, 0.2) is 0 Å². The van der Waals surface area contributed by atoms with Crippen LogP contribution in [0.25, 0.3) is 0 Å². The first kappa shape index (κ1) is 17.4. The summed E-state index contributed by atoms with van der Waals surface area (Å²) in [6.45, 7) is 10.4. The third-order valence-electron chi connectivity index (χ3n) is 3.21. The standard InChI is InChI=1S/C13H29N3O2/c1-5-15(6-2)13(17)12(3)16(9-7-8-14)10-11-18-4/h12H,5-11,14H2,1-4H3. The molecule has 0 aromatic rings. The summed E-state index contributed by atoms with van der Waals surface area (Å²) in [5.41, 5.74) is 5.54. The minimum Gasteiger partial charge on any atom is -0.383 e. The van der Waals surface area contributed by atoms with Crippen LogP contribution >= 0.6 is 0 Å². The van der Waals surface area contributed by atoms with Crippen LogP contribution in [-0.2, 0) is 9.53 Å². The topological polar surface area (TPSA) is 58.8 Å². The molecule has 0 heterocycles. The first-order chi connectivity index (χ1) is 8.62. The lowest BCUT2D eigenvalue weighted by Gasteiger charge is -2.31. The SMILES string of the molecule is CCN(CC)C(=O)C(C)N(CCCN)CCOC. The number of amides is 1. The normalized spacial score (nSPS) is 12.8. The molecule has 0 aromatic carbocycles. The number of nitrogens with zero attached hydrogens (tertiary/aromatic N) is 2. The van der Waals surface area contributed by atoms with Crippen LogP contribution in [0.5, 0.6) is 0 Å². The van der Waals surface area contributed by atoms with Crippen molar-refractivity contribution in [1.29, 1.82) is 0 Å². The quantitative estimate of drug-likeness (QED) is 0.622. The van der Waals surface area contributed by atoms with E-state index < -0.39 is 0 Å². The van der Waals surface area contributed by atoms with Gasteiger partial charge in [-0.3, -0.25) is 9.69 Å². The Balaban J connectivity index is 4.49. The van der Waals surface area contributed by atoms with E-state index in [0.29, 0.717) is 13.2 Å². The highest BCUT2D eigenvalue weighted by Gasteiger charge is 2.23. The lowest BCUT2D eigenvalue weighted by molar-refractivity contribution is -0.136. The van der Waals surface area contributed by atoms with Crippen molar-refractivity contribution >= 4 is 5.91 Å². The Hall–Kier alpha value is -0.650. The summed E-state index contributed by atoms with van der Waals surface area (Å²) in [5, 5.41) is 0. The molecule has 0 fully saturated rings. The average Bonchev–Trinajstić information content (AvgIpc) is 2.39. The fourth-order valence-electron chi connectivity index (χ4n) is 1.96. The number of ether oxygens (including phenoxy) is 1. The summed E-state index contributed by atoms with van der Waals surface area (Å²) in [6, 6.07) is -0.105. The lowest BCUT2D eigenvalue weighted by Crippen LogP contribution is -2.48. The third-order valence-corrected chi connectivity index (χ3v) is 3.21. The van der Waals surface area contributed by atoms with Crippen molar-refractivity contribution in [3.63, 3.8) is 0 Å². The van der Waals surface area contributed by atoms with E-state index in [0.717, 1.165) is 32.6 Å². The van der Waals surface area contributed by atoms with Gasteiger partial charge < -0.3 is 15.4 Å². The van der Waals surface area contributed by atoms with Crippen LogP contribution in [0.3, 0.4) is 0 Å². The Morgan fingerprint density at radius 3 is 2.33 bits per heavy atom. The van der Waals surface area contributed by atoms with Gasteiger partial charge in [-0.05, 0) is 33.7 Å². The smallest absolute Gasteiger partial charge is 0.239 e. The zero-order valence-corrected chi connectivity index (χ0v) is 12.3. The first-order valence-electron chi connectivity index (χ1n) is 6.84. The molecule has 0 aliphatic carbocycles. The van der Waals surface area contributed by atoms with E-state index in [1.165, 1.54) is 0 Å². The summed E-state index contributed by atoms with van der Waals surface area (Å²) in [4.78, 5) is 16.3. The van der Waals surface area contributed by atoms with Gasteiger partial charge in [-0.2, -0.15) is 0 Å². The molecular weight excluding hydrogens is 230 g/mol. The summed E-state index contributed by atoms with van der Waals surface area (Å²) in [6.07, 6.45) is 0.902. The van der Waals surface area contributed by atoms with Crippen molar-refractivity contribution < 1.29 is 9.53 Å². The Morgan fingerprint density at radius 2 is 1.89 bits per heavy atom. The molecule has 0 aliphatic heterocycles. The van der Waals surface area contributed by atoms with Gasteiger partial charge in [-0.15, -0.1) is 0 Å². The van der Waals surface area contributed by atoms with Crippen molar-refractivity contribution in [2.24, 2.45) is 5.73 Å². The molecule has 0 rings (SSSR count). The molecule has 0 spiro atoms. The zero-order valence-electron chi connectivity index (χ0n) is 12.3. The number of methoxy groups -OCH3 is 1. The molecule has 5 heteroatoms. The van der Waals surface area contributed by atoms with Gasteiger partial charge in [-0.25, -0.2) is 0 Å². The van der Waals surface area contributed by atoms with Crippen LogP contribution in [0.1, 0.15) is 27.2 Å². The molecule has 108 valence electrons. The highest BCUT2D eigenvalue weighted by Crippen LogP contribution is 2.05. The molecule has 0 bridgehead atoms. The molecule has 18 heavy (non-hydrogen) atoms. The average molecular weight is 259 g/mol. The van der Waals surface area contributed by atoms with E-state index in [4.69, 9.17) is 10.5 Å². The monoisotopic (exact) mass is 259 g/mol. The van der Waals surface area contributed by atoms with Gasteiger partial charge in [0.1, 0.15) is 0 Å². The number of rotatable bonds is 10. The second kappa shape index (κ2) is 10.3. The summed E-state index contributed by atoms with van der Waals surface area (Å²) >= 11 is 0. The van der Waals surface area contributed by atoms with Gasteiger partial charge in [0.2, 0.25) is 5.91 Å². The molecule has 0 aromatic heterocycles. The highest BCUT2D eigenvalue weighted by atomic mass is 16.5. The molecule has 1 atom stereocenters. The largest absolute Gasteiger partial charge is 0.383 e. The second-order valence-corrected chi connectivity index (χ2v) is 4.36. The van der Waals surface area contributed by atoms with Gasteiger partial charge in [0.05, 0.1) is 12.6 Å². The Bertz CT molecular complexity index is 212. The number of hydrogen-bond acceptors (Lipinski definition) is 4. The number of hydrogen-bond donors (Lipinski definition) is 1. The molecule has 0 saturated heterocycles. The second-order valence-electron chi connectivity index (χ2n) is 4.36. The molecule has 1 unspecified atom stereocenters. The van der Waals surface area contributed by atoms with Crippen LogP contribution in [0.4, 0.5) is 0 Å². The maximum Gasteiger partial charge on any atom is 0.239 e. The number of likely N-dealkylation sites (N-methyl/N-ethyl adjacent to an activating group) is 1. The maximum absolute atomic E-state index is 12.3. The van der Waals surface area contributed by atoms with Crippen molar-refractivity contribution in [3.8, 4) is 0 Å². The fourth-order valence-corrected chi connectivity index (χ4v) is 1.96. The predicted octanol–water partition coefficient (Wildman–Crippen LogP) is 0.541. The number of carbonyl (C=O) groups is 1. The molecule has 0 radical (unpaired) electrons. The highest BCUT2D eigenvalue weighted by molar-refractivity contribution is 5.81. The van der Waals surface area contributed by atoms with Crippen LogP contribution in [0, 0.1) is 0 Å². The molecule has 0 aliphatic rings. The summed E-state index contributed by atoms with van der Waals surface area (Å²) in [5.74, 6) is 0.188. The Kier molecular flexibility index (Phi) is 9.92. The van der Waals surface area contributed by atoms with E-state index in [-0.39, 0.29) is 11.9 Å². The minimum absolute atomic E-state index is 0.105. The molecular formula is C13H29N3O2. The molecule has 1 amide bonds. The van der Waals surface area contributed by atoms with Gasteiger partial charge in [-0.1, -0.05) is 0 Å². The van der Waals surface area contributed by atoms with E-state index >= 15 is 0 Å². The van der Waals surface area contributed by atoms with Gasteiger partial charge >= 0.3 is 0 Å². The summed E-state index contributed by atoms with van der Waals surface area (Å²) in [7, 11) is 1.68. The summed E-state index contributed by atoms with van der Waals surface area (Å²) < 4.78 is 5.10. The van der Waals surface area contributed by atoms with Gasteiger partial charge in [0.25, 0.3) is 0 Å².